The van der Waals surface area contributed by atoms with Crippen LogP contribution >= 0.6 is 0 Å². The molecule has 2 N–H and O–H groups in total. The number of carbonyl (C=O) groups is 1. The maximum Gasteiger partial charge on any atom is 0.251 e. The molecule has 0 saturated heterocycles. The van der Waals surface area contributed by atoms with Crippen molar-refractivity contribution in [1.82, 2.24) is 30.3 Å². The predicted octanol–water partition coefficient (Wildman–Crippen LogP) is 1.36. The van der Waals surface area contributed by atoms with Crippen molar-refractivity contribution in [3.63, 3.8) is 0 Å². The Hall–Kier alpha value is -2.70. The number of nitrogens with one attached hydrogen (secondary N) is 2. The lowest BCUT2D eigenvalue weighted by atomic mass is 10.1. The van der Waals surface area contributed by atoms with E-state index >= 15 is 0 Å². The average Bonchev–Trinajstić information content (AvgIpc) is 2.93. The van der Waals surface area contributed by atoms with Crippen molar-refractivity contribution in [3.05, 3.63) is 42.5 Å². The fourth-order valence-electron chi connectivity index (χ4n) is 2.69. The van der Waals surface area contributed by atoms with Gasteiger partial charge in [0.15, 0.2) is 0 Å². The van der Waals surface area contributed by atoms with Gasteiger partial charge in [0.1, 0.15) is 11.0 Å². The maximum atomic E-state index is 12.3. The zero-order valence-electron chi connectivity index (χ0n) is 12.0. The number of nitrogens with zero attached hydrogens (tertiary/aromatic N) is 4. The number of hydrogen-bond acceptors (Lipinski definition) is 4. The van der Waals surface area contributed by atoms with Crippen LogP contribution in [0.1, 0.15) is 23.2 Å². The molecule has 2 aromatic heterocycles. The van der Waals surface area contributed by atoms with E-state index in [1.807, 2.05) is 12.5 Å². The van der Waals surface area contributed by atoms with E-state index in [4.69, 9.17) is 0 Å². The molecule has 3 aromatic rings. The molecule has 0 aliphatic heterocycles. The van der Waals surface area contributed by atoms with Gasteiger partial charge in [0.25, 0.3) is 5.91 Å². The zero-order chi connectivity index (χ0) is 15.0. The fraction of sp³-hybridized carbons (Fsp3) is 0.333. The lowest BCUT2D eigenvalue weighted by Crippen LogP contribution is -2.32. The van der Waals surface area contributed by atoms with Crippen molar-refractivity contribution in [1.29, 1.82) is 0 Å². The van der Waals surface area contributed by atoms with Gasteiger partial charge in [-0.2, -0.15) is 15.4 Å². The maximum absolute atomic E-state index is 12.3. The quantitative estimate of drug-likeness (QED) is 0.744. The summed E-state index contributed by atoms with van der Waals surface area (Å²) < 4.78 is 2.07. The van der Waals surface area contributed by atoms with Crippen molar-refractivity contribution < 1.29 is 4.79 Å². The van der Waals surface area contributed by atoms with E-state index in [1.54, 1.807) is 24.4 Å². The second-order valence-electron chi connectivity index (χ2n) is 5.94. The molecule has 0 atom stereocenters. The van der Waals surface area contributed by atoms with E-state index in [2.05, 4.69) is 30.3 Å². The standard InChI is InChI=1S/C15H16N6O/c22-14(11-1-2-12-13(7-11)19-20-18-12)17-8-15(3-4-15)9-21-6-5-16-10-21/h1-2,5-7,10H,3-4,8-9H2,(H,17,22)(H,18,19,20). The summed E-state index contributed by atoms with van der Waals surface area (Å²) in [6.07, 6.45) is 7.82. The molecule has 0 bridgehead atoms. The highest BCUT2D eigenvalue weighted by Crippen LogP contribution is 2.46. The van der Waals surface area contributed by atoms with E-state index in [0.717, 1.165) is 24.9 Å². The van der Waals surface area contributed by atoms with Gasteiger partial charge in [-0.05, 0) is 31.0 Å². The molecule has 0 radical (unpaired) electrons. The SMILES string of the molecule is O=C(NCC1(Cn2ccnc2)CC1)c1ccc2n[nH]nc2c1. The van der Waals surface area contributed by atoms with E-state index < -0.39 is 0 Å². The zero-order valence-corrected chi connectivity index (χ0v) is 12.0. The first-order valence-corrected chi connectivity index (χ1v) is 7.29. The van der Waals surface area contributed by atoms with Gasteiger partial charge >= 0.3 is 0 Å². The summed E-state index contributed by atoms with van der Waals surface area (Å²) in [7, 11) is 0. The number of benzene rings is 1. The molecular weight excluding hydrogens is 280 g/mol. The Morgan fingerprint density at radius 1 is 1.32 bits per heavy atom. The van der Waals surface area contributed by atoms with Crippen LogP contribution in [0.25, 0.3) is 11.0 Å². The molecule has 7 heteroatoms. The number of hydrogen-bond donors (Lipinski definition) is 2. The summed E-state index contributed by atoms with van der Waals surface area (Å²) in [5.74, 6) is -0.0678. The molecule has 1 aliphatic rings. The van der Waals surface area contributed by atoms with Crippen molar-refractivity contribution in [2.45, 2.75) is 19.4 Å². The summed E-state index contributed by atoms with van der Waals surface area (Å²) in [4.78, 5) is 16.4. The van der Waals surface area contributed by atoms with Crippen LogP contribution in [0.15, 0.2) is 36.9 Å². The second kappa shape index (κ2) is 4.94. The largest absolute Gasteiger partial charge is 0.351 e. The minimum atomic E-state index is -0.0678. The summed E-state index contributed by atoms with van der Waals surface area (Å²) in [6.45, 7) is 1.58. The van der Waals surface area contributed by atoms with E-state index in [9.17, 15) is 4.79 Å². The first-order valence-electron chi connectivity index (χ1n) is 7.29. The van der Waals surface area contributed by atoms with Crippen LogP contribution in [0.5, 0.6) is 0 Å². The van der Waals surface area contributed by atoms with Crippen LogP contribution in [0.2, 0.25) is 0 Å². The third-order valence-corrected chi connectivity index (χ3v) is 4.24. The minimum Gasteiger partial charge on any atom is -0.351 e. The van der Waals surface area contributed by atoms with E-state index in [1.165, 1.54) is 0 Å². The van der Waals surface area contributed by atoms with Crippen LogP contribution in [0.4, 0.5) is 0 Å². The molecule has 1 aromatic carbocycles. The Labute approximate surface area is 126 Å². The smallest absolute Gasteiger partial charge is 0.251 e. The summed E-state index contributed by atoms with van der Waals surface area (Å²) in [6, 6.07) is 5.32. The first kappa shape index (κ1) is 13.0. The molecule has 1 fully saturated rings. The van der Waals surface area contributed by atoms with Gasteiger partial charge in [0.05, 0.1) is 6.33 Å². The van der Waals surface area contributed by atoms with Crippen LogP contribution in [-0.2, 0) is 6.54 Å². The molecule has 1 amide bonds. The Morgan fingerprint density at radius 2 is 2.18 bits per heavy atom. The Morgan fingerprint density at radius 3 is 2.95 bits per heavy atom. The van der Waals surface area contributed by atoms with E-state index in [0.29, 0.717) is 17.6 Å². The normalized spacial score (nSPS) is 15.8. The lowest BCUT2D eigenvalue weighted by Gasteiger charge is -2.16. The molecule has 0 spiro atoms. The number of carbonyl (C=O) groups excluding carboxylic acids is 1. The van der Waals surface area contributed by atoms with Gasteiger partial charge in [0, 0.05) is 36.5 Å². The Balaban J connectivity index is 1.41. The molecule has 1 aliphatic carbocycles. The summed E-state index contributed by atoms with van der Waals surface area (Å²) >= 11 is 0. The first-order chi connectivity index (χ1) is 10.7. The number of rotatable bonds is 5. The third-order valence-electron chi connectivity index (χ3n) is 4.24. The highest BCUT2D eigenvalue weighted by Gasteiger charge is 2.43. The highest BCUT2D eigenvalue weighted by atomic mass is 16.1. The molecule has 1 saturated carbocycles. The molecule has 22 heavy (non-hydrogen) atoms. The predicted molar refractivity (Wildman–Crippen MR) is 80.1 cm³/mol. The van der Waals surface area contributed by atoms with Gasteiger partial charge < -0.3 is 9.88 Å². The molecule has 4 rings (SSSR count). The van der Waals surface area contributed by atoms with Gasteiger partial charge in [-0.1, -0.05) is 0 Å². The van der Waals surface area contributed by atoms with Crippen LogP contribution in [0, 0.1) is 5.41 Å². The molecule has 112 valence electrons. The summed E-state index contributed by atoms with van der Waals surface area (Å²) in [5, 5.41) is 13.6. The van der Waals surface area contributed by atoms with Gasteiger partial charge in [-0.15, -0.1) is 0 Å². The van der Waals surface area contributed by atoms with Gasteiger partial charge in [0.2, 0.25) is 0 Å². The monoisotopic (exact) mass is 296 g/mol. The highest BCUT2D eigenvalue weighted by molar-refractivity contribution is 5.97. The summed E-state index contributed by atoms with van der Waals surface area (Å²) in [5.41, 5.74) is 2.25. The number of aromatic amines is 1. The molecule has 7 nitrogen and oxygen atoms in total. The number of fused-ring (bicyclic) bond motifs is 1. The van der Waals surface area contributed by atoms with E-state index in [-0.39, 0.29) is 11.3 Å². The fourth-order valence-corrected chi connectivity index (χ4v) is 2.69. The van der Waals surface area contributed by atoms with Gasteiger partial charge in [-0.25, -0.2) is 4.98 Å². The van der Waals surface area contributed by atoms with Crippen molar-refractivity contribution in [2.24, 2.45) is 5.41 Å². The number of H-pyrrole nitrogens is 1. The second-order valence-corrected chi connectivity index (χ2v) is 5.94. The average molecular weight is 296 g/mol. The Kier molecular flexibility index (Phi) is 2.92. The lowest BCUT2D eigenvalue weighted by molar-refractivity contribution is 0.0943. The van der Waals surface area contributed by atoms with Gasteiger partial charge in [-0.3, -0.25) is 4.79 Å². The topological polar surface area (TPSA) is 88.5 Å². The van der Waals surface area contributed by atoms with Crippen LogP contribution < -0.4 is 5.32 Å². The molecule has 0 unspecified atom stereocenters. The molecular formula is C15H16N6O. The van der Waals surface area contributed by atoms with Crippen molar-refractivity contribution >= 4 is 16.9 Å². The third kappa shape index (κ3) is 2.45. The Bertz CT molecular complexity index is 802. The van der Waals surface area contributed by atoms with Crippen LogP contribution in [0.3, 0.4) is 0 Å². The number of amides is 1. The van der Waals surface area contributed by atoms with Crippen molar-refractivity contribution in [2.75, 3.05) is 6.54 Å². The number of aromatic nitrogens is 5. The van der Waals surface area contributed by atoms with Crippen LogP contribution in [-0.4, -0.2) is 37.4 Å². The molecule has 2 heterocycles. The van der Waals surface area contributed by atoms with Crippen molar-refractivity contribution in [3.8, 4) is 0 Å². The minimum absolute atomic E-state index is 0.0678. The number of imidazole rings is 1.